The highest BCUT2D eigenvalue weighted by molar-refractivity contribution is 7.17. The van der Waals surface area contributed by atoms with Gasteiger partial charge in [0.1, 0.15) is 34.6 Å². The van der Waals surface area contributed by atoms with Crippen LogP contribution in [0.15, 0.2) is 42.5 Å². The standard InChI is InChI=1S/C21H21NO4S/c1-13-9-14(2)11-18(10-13)26-8-7-25-17-6-4-5-16(12-17)20-22-15(3)19(27-20)21(23)24/h4-6,9-12H,7-8H2,1-3H3,(H,23,24). The first kappa shape index (κ1) is 18.9. The molecule has 2 aromatic carbocycles. The topological polar surface area (TPSA) is 68.7 Å². The summed E-state index contributed by atoms with van der Waals surface area (Å²) >= 11 is 1.17. The molecule has 0 aliphatic rings. The number of carbonyl (C=O) groups is 1. The number of nitrogens with zero attached hydrogens (tertiary/aromatic N) is 1. The van der Waals surface area contributed by atoms with Crippen molar-refractivity contribution in [2.45, 2.75) is 20.8 Å². The molecule has 0 aliphatic heterocycles. The van der Waals surface area contributed by atoms with Gasteiger partial charge in [-0.1, -0.05) is 18.2 Å². The number of aromatic carboxylic acids is 1. The molecule has 0 fully saturated rings. The number of carboxylic acid groups (broad SMARTS) is 1. The Morgan fingerprint density at radius 2 is 1.67 bits per heavy atom. The van der Waals surface area contributed by atoms with Crippen LogP contribution in [-0.2, 0) is 0 Å². The van der Waals surface area contributed by atoms with Crippen LogP contribution in [-0.4, -0.2) is 29.3 Å². The molecule has 0 bridgehead atoms. The molecule has 0 spiro atoms. The molecule has 6 heteroatoms. The Kier molecular flexibility index (Phi) is 5.76. The molecular formula is C21H21NO4S. The minimum absolute atomic E-state index is 0.262. The fourth-order valence-corrected chi connectivity index (χ4v) is 3.67. The van der Waals surface area contributed by atoms with E-state index in [9.17, 15) is 9.90 Å². The number of thiazole rings is 1. The number of aryl methyl sites for hydroxylation is 3. The van der Waals surface area contributed by atoms with Gasteiger partial charge >= 0.3 is 5.97 Å². The average molecular weight is 383 g/mol. The van der Waals surface area contributed by atoms with Crippen LogP contribution in [0.5, 0.6) is 11.5 Å². The lowest BCUT2D eigenvalue weighted by molar-refractivity contribution is 0.0701. The van der Waals surface area contributed by atoms with Gasteiger partial charge in [-0.2, -0.15) is 0 Å². The Hall–Kier alpha value is -2.86. The molecule has 0 saturated carbocycles. The molecule has 1 N–H and O–H groups in total. The van der Waals surface area contributed by atoms with Crippen molar-refractivity contribution in [2.24, 2.45) is 0 Å². The first-order valence-electron chi connectivity index (χ1n) is 8.57. The smallest absolute Gasteiger partial charge is 0.347 e. The van der Waals surface area contributed by atoms with E-state index in [1.54, 1.807) is 6.92 Å². The van der Waals surface area contributed by atoms with Gasteiger partial charge in [-0.25, -0.2) is 9.78 Å². The highest BCUT2D eigenvalue weighted by Gasteiger charge is 2.15. The summed E-state index contributed by atoms with van der Waals surface area (Å²) in [5, 5.41) is 9.85. The zero-order valence-electron chi connectivity index (χ0n) is 15.5. The summed E-state index contributed by atoms with van der Waals surface area (Å²) < 4.78 is 11.5. The highest BCUT2D eigenvalue weighted by atomic mass is 32.1. The van der Waals surface area contributed by atoms with E-state index in [0.29, 0.717) is 29.7 Å². The third-order valence-electron chi connectivity index (χ3n) is 3.89. The Bertz CT molecular complexity index is 944. The van der Waals surface area contributed by atoms with E-state index in [-0.39, 0.29) is 4.88 Å². The van der Waals surface area contributed by atoms with Gasteiger partial charge in [0.05, 0.1) is 5.69 Å². The normalized spacial score (nSPS) is 10.6. The molecule has 0 radical (unpaired) electrons. The number of rotatable bonds is 7. The van der Waals surface area contributed by atoms with Gasteiger partial charge < -0.3 is 14.6 Å². The Balaban J connectivity index is 1.61. The summed E-state index contributed by atoms with van der Waals surface area (Å²) in [7, 11) is 0. The predicted octanol–water partition coefficient (Wildman–Crippen LogP) is 4.89. The van der Waals surface area contributed by atoms with E-state index in [4.69, 9.17) is 9.47 Å². The molecule has 1 aromatic heterocycles. The first-order chi connectivity index (χ1) is 12.9. The van der Waals surface area contributed by atoms with E-state index in [1.165, 1.54) is 11.3 Å². The van der Waals surface area contributed by atoms with Gasteiger partial charge in [0, 0.05) is 5.56 Å². The van der Waals surface area contributed by atoms with E-state index in [2.05, 4.69) is 11.1 Å². The Morgan fingerprint density at radius 1 is 1.00 bits per heavy atom. The summed E-state index contributed by atoms with van der Waals surface area (Å²) in [6.45, 7) is 6.63. The van der Waals surface area contributed by atoms with Gasteiger partial charge in [-0.05, 0) is 56.2 Å². The lowest BCUT2D eigenvalue weighted by Crippen LogP contribution is -2.09. The van der Waals surface area contributed by atoms with Crippen molar-refractivity contribution in [3.05, 3.63) is 64.2 Å². The van der Waals surface area contributed by atoms with Crippen molar-refractivity contribution in [2.75, 3.05) is 13.2 Å². The second-order valence-corrected chi connectivity index (χ2v) is 7.29. The van der Waals surface area contributed by atoms with Crippen LogP contribution in [0.3, 0.4) is 0 Å². The van der Waals surface area contributed by atoms with Crippen LogP contribution >= 0.6 is 11.3 Å². The molecular weight excluding hydrogens is 362 g/mol. The van der Waals surface area contributed by atoms with Gasteiger partial charge in [0.15, 0.2) is 0 Å². The fraction of sp³-hybridized carbons (Fsp3) is 0.238. The molecule has 5 nitrogen and oxygen atoms in total. The predicted molar refractivity (Wildman–Crippen MR) is 106 cm³/mol. The zero-order valence-corrected chi connectivity index (χ0v) is 16.3. The molecule has 0 saturated heterocycles. The van der Waals surface area contributed by atoms with Crippen molar-refractivity contribution in [3.8, 4) is 22.1 Å². The highest BCUT2D eigenvalue weighted by Crippen LogP contribution is 2.30. The van der Waals surface area contributed by atoms with E-state index in [1.807, 2.05) is 50.2 Å². The molecule has 27 heavy (non-hydrogen) atoms. The van der Waals surface area contributed by atoms with Crippen molar-refractivity contribution in [1.29, 1.82) is 0 Å². The maximum atomic E-state index is 11.2. The number of hydrogen-bond acceptors (Lipinski definition) is 5. The Labute approximate surface area is 162 Å². The number of carboxylic acids is 1. The molecule has 3 rings (SSSR count). The zero-order chi connectivity index (χ0) is 19.4. The monoisotopic (exact) mass is 383 g/mol. The molecule has 0 aliphatic carbocycles. The fourth-order valence-electron chi connectivity index (χ4n) is 2.77. The van der Waals surface area contributed by atoms with E-state index >= 15 is 0 Å². The van der Waals surface area contributed by atoms with Gasteiger partial charge in [0.25, 0.3) is 0 Å². The van der Waals surface area contributed by atoms with Crippen LogP contribution in [0.4, 0.5) is 0 Å². The van der Waals surface area contributed by atoms with E-state index in [0.717, 1.165) is 22.4 Å². The van der Waals surface area contributed by atoms with Gasteiger partial charge in [-0.3, -0.25) is 0 Å². The summed E-state index contributed by atoms with van der Waals surface area (Å²) in [4.78, 5) is 15.8. The van der Waals surface area contributed by atoms with Crippen molar-refractivity contribution < 1.29 is 19.4 Å². The van der Waals surface area contributed by atoms with Crippen LogP contribution in [0.2, 0.25) is 0 Å². The number of benzene rings is 2. The lowest BCUT2D eigenvalue weighted by Gasteiger charge is -2.10. The second-order valence-electron chi connectivity index (χ2n) is 6.29. The lowest BCUT2D eigenvalue weighted by atomic mass is 10.1. The van der Waals surface area contributed by atoms with Crippen molar-refractivity contribution in [1.82, 2.24) is 4.98 Å². The Morgan fingerprint density at radius 3 is 2.30 bits per heavy atom. The third-order valence-corrected chi connectivity index (χ3v) is 5.08. The molecule has 3 aromatic rings. The van der Waals surface area contributed by atoms with Crippen molar-refractivity contribution in [3.63, 3.8) is 0 Å². The second kappa shape index (κ2) is 8.22. The summed E-state index contributed by atoms with van der Waals surface area (Å²) in [5.41, 5.74) is 3.69. The average Bonchev–Trinajstić information content (AvgIpc) is 3.00. The number of ether oxygens (including phenoxy) is 2. The van der Waals surface area contributed by atoms with Gasteiger partial charge in [0.2, 0.25) is 0 Å². The summed E-state index contributed by atoms with van der Waals surface area (Å²) in [5.74, 6) is 0.581. The third kappa shape index (κ3) is 4.86. The largest absolute Gasteiger partial charge is 0.490 e. The van der Waals surface area contributed by atoms with Crippen LogP contribution < -0.4 is 9.47 Å². The number of hydrogen-bond donors (Lipinski definition) is 1. The summed E-state index contributed by atoms with van der Waals surface area (Å²) in [6, 6.07) is 13.6. The maximum Gasteiger partial charge on any atom is 0.347 e. The quantitative estimate of drug-likeness (QED) is 0.588. The SMILES string of the molecule is Cc1cc(C)cc(OCCOc2cccc(-c3nc(C)c(C(=O)O)s3)c2)c1. The van der Waals surface area contributed by atoms with Gasteiger partial charge in [-0.15, -0.1) is 11.3 Å². The first-order valence-corrected chi connectivity index (χ1v) is 9.39. The minimum Gasteiger partial charge on any atom is -0.490 e. The molecule has 0 unspecified atom stereocenters. The van der Waals surface area contributed by atoms with Crippen LogP contribution in [0, 0.1) is 20.8 Å². The maximum absolute atomic E-state index is 11.2. The van der Waals surface area contributed by atoms with Crippen LogP contribution in [0.25, 0.3) is 10.6 Å². The molecule has 0 atom stereocenters. The molecule has 140 valence electrons. The molecule has 0 amide bonds. The molecule has 1 heterocycles. The van der Waals surface area contributed by atoms with Crippen molar-refractivity contribution >= 4 is 17.3 Å². The number of aromatic nitrogens is 1. The van der Waals surface area contributed by atoms with E-state index < -0.39 is 5.97 Å². The van der Waals surface area contributed by atoms with Crippen LogP contribution in [0.1, 0.15) is 26.5 Å². The minimum atomic E-state index is -0.952. The summed E-state index contributed by atoms with van der Waals surface area (Å²) in [6.07, 6.45) is 0.